The third-order valence-electron chi connectivity index (χ3n) is 6.25. The number of allylic oxidation sites excluding steroid dienone is 1. The summed E-state index contributed by atoms with van der Waals surface area (Å²) in [6, 6.07) is 0. The average molecular weight is 410 g/mol. The summed E-state index contributed by atoms with van der Waals surface area (Å²) in [6.07, 6.45) is 8.85. The molecule has 1 amide bonds. The predicted octanol–water partition coefficient (Wildman–Crippen LogP) is 3.59. The molecule has 0 radical (unpaired) electrons. The van der Waals surface area contributed by atoms with E-state index in [-0.39, 0.29) is 17.2 Å². The van der Waals surface area contributed by atoms with Crippen LogP contribution in [0.25, 0.3) is 0 Å². The van der Waals surface area contributed by atoms with E-state index >= 15 is 0 Å². The zero-order valence-electron chi connectivity index (χ0n) is 19.7. The minimum Gasteiger partial charge on any atom is -0.344 e. The number of carbonyl (C=O) groups excluding carboxylic acids is 1. The Morgan fingerprint density at radius 3 is 2.24 bits per heavy atom. The van der Waals surface area contributed by atoms with Crippen molar-refractivity contribution in [3.05, 3.63) is 12.2 Å². The summed E-state index contributed by atoms with van der Waals surface area (Å²) in [5.41, 5.74) is 2.97. The van der Waals surface area contributed by atoms with Crippen LogP contribution in [0.4, 0.5) is 0 Å². The zero-order chi connectivity index (χ0) is 21.7. The van der Waals surface area contributed by atoms with Gasteiger partial charge in [-0.05, 0) is 39.2 Å². The quantitative estimate of drug-likeness (QED) is 0.490. The second-order valence-corrected chi connectivity index (χ2v) is 9.51. The molecule has 29 heavy (non-hydrogen) atoms. The molecule has 0 spiro atoms. The van der Waals surface area contributed by atoms with Crippen LogP contribution in [0.2, 0.25) is 0 Å². The van der Waals surface area contributed by atoms with Gasteiger partial charge in [0.1, 0.15) is 5.54 Å². The number of ether oxygens (including phenoxy) is 2. The van der Waals surface area contributed by atoms with Crippen molar-refractivity contribution in [1.82, 2.24) is 15.3 Å². The molecule has 1 saturated heterocycles. The van der Waals surface area contributed by atoms with Gasteiger partial charge in [0.05, 0.1) is 19.1 Å². The van der Waals surface area contributed by atoms with E-state index in [0.717, 1.165) is 45.2 Å². The van der Waals surface area contributed by atoms with Crippen LogP contribution in [0.1, 0.15) is 66.7 Å². The van der Waals surface area contributed by atoms with Gasteiger partial charge >= 0.3 is 0 Å². The number of nitrogens with zero attached hydrogens (tertiary/aromatic N) is 2. The average Bonchev–Trinajstić information content (AvgIpc) is 2.68. The Labute approximate surface area is 177 Å². The molecular formula is C23H43N3O3. The fraction of sp³-hybridized carbons (Fsp3) is 0.870. The van der Waals surface area contributed by atoms with Gasteiger partial charge in [0, 0.05) is 32.6 Å². The lowest BCUT2D eigenvalue weighted by Gasteiger charge is -2.58. The molecule has 2 atom stereocenters. The minimum absolute atomic E-state index is 0.0457. The second kappa shape index (κ2) is 9.90. The van der Waals surface area contributed by atoms with Crippen molar-refractivity contribution in [2.24, 2.45) is 11.3 Å². The van der Waals surface area contributed by atoms with Gasteiger partial charge in [0.25, 0.3) is 0 Å². The zero-order valence-corrected chi connectivity index (χ0v) is 19.7. The lowest BCUT2D eigenvalue weighted by Crippen LogP contribution is -2.75. The molecule has 1 aliphatic heterocycles. The van der Waals surface area contributed by atoms with E-state index in [1.807, 2.05) is 37.9 Å². The number of rotatable bonds is 8. The predicted molar refractivity (Wildman–Crippen MR) is 117 cm³/mol. The highest BCUT2D eigenvalue weighted by atomic mass is 16.7. The monoisotopic (exact) mass is 409 g/mol. The first-order valence-electron chi connectivity index (χ1n) is 11.4. The first kappa shape index (κ1) is 24.3. The summed E-state index contributed by atoms with van der Waals surface area (Å²) in [5.74, 6) is -0.969. The number of nitrogens with one attached hydrogen (secondary N) is 1. The number of hydrazine groups is 1. The Morgan fingerprint density at radius 2 is 1.72 bits per heavy atom. The molecule has 2 rings (SSSR count). The third-order valence-corrected chi connectivity index (χ3v) is 6.25. The van der Waals surface area contributed by atoms with E-state index in [0.29, 0.717) is 13.2 Å². The highest BCUT2D eigenvalue weighted by molar-refractivity contribution is 5.81. The summed E-state index contributed by atoms with van der Waals surface area (Å²) in [5, 5.41) is 1.96. The molecule has 0 bridgehead atoms. The number of amides is 1. The van der Waals surface area contributed by atoms with Crippen molar-refractivity contribution < 1.29 is 14.3 Å². The molecule has 1 saturated carbocycles. The first-order chi connectivity index (χ1) is 13.7. The molecule has 0 aromatic rings. The molecule has 1 N–H and O–H groups in total. The van der Waals surface area contributed by atoms with Crippen molar-refractivity contribution in [2.45, 2.75) is 78.0 Å². The molecule has 1 aliphatic carbocycles. The Hall–Kier alpha value is -0.950. The van der Waals surface area contributed by atoms with Crippen molar-refractivity contribution in [3.63, 3.8) is 0 Å². The van der Waals surface area contributed by atoms with Gasteiger partial charge in [0.15, 0.2) is 0 Å². The molecule has 2 fully saturated rings. The van der Waals surface area contributed by atoms with Gasteiger partial charge in [0.2, 0.25) is 11.7 Å². The van der Waals surface area contributed by atoms with E-state index in [4.69, 9.17) is 9.47 Å². The Bertz CT molecular complexity index is 562. The lowest BCUT2D eigenvalue weighted by atomic mass is 9.66. The summed E-state index contributed by atoms with van der Waals surface area (Å²) in [7, 11) is 3.97. The topological polar surface area (TPSA) is 54.0 Å². The van der Waals surface area contributed by atoms with E-state index in [9.17, 15) is 4.79 Å². The summed E-state index contributed by atoms with van der Waals surface area (Å²) >= 11 is 0. The molecule has 0 aromatic heterocycles. The number of carbonyl (C=O) groups is 1. The molecule has 2 aliphatic rings. The van der Waals surface area contributed by atoms with Crippen LogP contribution in [0, 0.1) is 11.3 Å². The highest BCUT2D eigenvalue weighted by Crippen LogP contribution is 2.48. The van der Waals surface area contributed by atoms with Crippen LogP contribution in [0.15, 0.2) is 12.2 Å². The van der Waals surface area contributed by atoms with E-state index in [1.165, 1.54) is 0 Å². The van der Waals surface area contributed by atoms with Gasteiger partial charge in [-0.25, -0.2) is 10.4 Å². The maximum atomic E-state index is 13.7. The molecule has 2 unspecified atom stereocenters. The van der Waals surface area contributed by atoms with Crippen molar-refractivity contribution >= 4 is 5.91 Å². The van der Waals surface area contributed by atoms with Crippen LogP contribution in [0.5, 0.6) is 0 Å². The summed E-state index contributed by atoms with van der Waals surface area (Å²) in [4.78, 5) is 15.6. The SMILES string of the molecule is CC/C=C/C1(C2(NN(C)C)CCCCC2C(=O)N(CC)CC)OCC(C)(C)CO1. The van der Waals surface area contributed by atoms with Crippen LogP contribution in [0.3, 0.4) is 0 Å². The summed E-state index contributed by atoms with van der Waals surface area (Å²) in [6.45, 7) is 13.2. The Balaban J connectivity index is 2.58. The first-order valence-corrected chi connectivity index (χ1v) is 11.4. The third kappa shape index (κ3) is 5.04. The van der Waals surface area contributed by atoms with Crippen LogP contribution in [-0.2, 0) is 14.3 Å². The fourth-order valence-electron chi connectivity index (χ4n) is 4.75. The molecule has 1 heterocycles. The number of hydrogen-bond acceptors (Lipinski definition) is 5. The highest BCUT2D eigenvalue weighted by Gasteiger charge is 2.62. The smallest absolute Gasteiger partial charge is 0.227 e. The molecule has 0 aromatic carbocycles. The van der Waals surface area contributed by atoms with Gasteiger partial charge in [-0.15, -0.1) is 0 Å². The van der Waals surface area contributed by atoms with Gasteiger partial charge < -0.3 is 14.4 Å². The Morgan fingerprint density at radius 1 is 1.10 bits per heavy atom. The van der Waals surface area contributed by atoms with Gasteiger partial charge in [-0.2, -0.15) is 0 Å². The van der Waals surface area contributed by atoms with Crippen LogP contribution >= 0.6 is 0 Å². The molecule has 168 valence electrons. The summed E-state index contributed by atoms with van der Waals surface area (Å²) < 4.78 is 13.2. The normalized spacial score (nSPS) is 29.3. The molecular weight excluding hydrogens is 366 g/mol. The van der Waals surface area contributed by atoms with E-state index < -0.39 is 11.3 Å². The minimum atomic E-state index is -0.962. The van der Waals surface area contributed by atoms with Crippen LogP contribution < -0.4 is 5.43 Å². The van der Waals surface area contributed by atoms with E-state index in [1.54, 1.807) is 0 Å². The lowest BCUT2D eigenvalue weighted by molar-refractivity contribution is -0.322. The van der Waals surface area contributed by atoms with Gasteiger partial charge in [-0.1, -0.05) is 39.7 Å². The second-order valence-electron chi connectivity index (χ2n) is 9.51. The van der Waals surface area contributed by atoms with Crippen molar-refractivity contribution in [2.75, 3.05) is 40.4 Å². The van der Waals surface area contributed by atoms with Crippen LogP contribution in [-0.4, -0.2) is 67.5 Å². The standard InChI is InChI=1S/C23H43N3O3/c1-8-11-16-23(28-17-21(4,5)18-29-23)22(24-25(6)7)15-13-12-14-19(22)20(27)26(9-2)10-3/h11,16,19,24H,8-10,12-15,17-18H2,1-7H3/b16-11+. The molecule has 6 heteroatoms. The number of hydrogen-bond donors (Lipinski definition) is 1. The maximum Gasteiger partial charge on any atom is 0.227 e. The fourth-order valence-corrected chi connectivity index (χ4v) is 4.75. The van der Waals surface area contributed by atoms with Crippen molar-refractivity contribution in [1.29, 1.82) is 0 Å². The van der Waals surface area contributed by atoms with E-state index in [2.05, 4.69) is 38.3 Å². The van der Waals surface area contributed by atoms with Gasteiger partial charge in [-0.3, -0.25) is 4.79 Å². The molecule has 6 nitrogen and oxygen atoms in total. The van der Waals surface area contributed by atoms with Crippen molar-refractivity contribution in [3.8, 4) is 0 Å². The largest absolute Gasteiger partial charge is 0.344 e. The maximum absolute atomic E-state index is 13.7. The Kier molecular flexibility index (Phi) is 8.31.